The Bertz CT molecular complexity index is 1190. The molecule has 0 bridgehead atoms. The molecule has 3 aromatic rings. The Labute approximate surface area is 213 Å². The van der Waals surface area contributed by atoms with E-state index in [4.69, 9.17) is 9.73 Å². The number of carbonyl (C=O) groups is 1. The van der Waals surface area contributed by atoms with Crippen LogP contribution < -0.4 is 19.4 Å². The van der Waals surface area contributed by atoms with Crippen molar-refractivity contribution in [2.45, 2.75) is 26.2 Å². The number of aliphatic imine (C=N–C) groups is 1. The minimum Gasteiger partial charge on any atom is -0.494 e. The first-order chi connectivity index (χ1) is 17.7. The van der Waals surface area contributed by atoms with Crippen LogP contribution in [0.4, 0.5) is 17.1 Å². The monoisotopic (exact) mass is 483 g/mol. The number of benzene rings is 3. The van der Waals surface area contributed by atoms with Crippen LogP contribution in [0, 0.1) is 0 Å². The number of fused-ring (bicyclic) bond motifs is 1. The van der Waals surface area contributed by atoms with Crippen LogP contribution in [0.1, 0.15) is 31.7 Å². The summed E-state index contributed by atoms with van der Waals surface area (Å²) in [6, 6.07) is 26.3. The zero-order valence-corrected chi connectivity index (χ0v) is 21.0. The van der Waals surface area contributed by atoms with E-state index in [0.717, 1.165) is 61.9 Å². The number of nitrogens with one attached hydrogen (secondary N) is 1. The molecule has 2 aliphatic heterocycles. The van der Waals surface area contributed by atoms with Gasteiger partial charge in [-0.15, -0.1) is 0 Å². The summed E-state index contributed by atoms with van der Waals surface area (Å²) in [6.45, 7) is 7.52. The van der Waals surface area contributed by atoms with Gasteiger partial charge in [-0.2, -0.15) is 0 Å². The molecule has 1 N–H and O–H groups in total. The molecule has 0 spiro atoms. The van der Waals surface area contributed by atoms with Gasteiger partial charge in [0.05, 0.1) is 44.2 Å². The van der Waals surface area contributed by atoms with Crippen LogP contribution in [0.2, 0.25) is 0 Å². The minimum absolute atomic E-state index is 0.0194. The van der Waals surface area contributed by atoms with Crippen molar-refractivity contribution in [2.24, 2.45) is 4.99 Å². The van der Waals surface area contributed by atoms with Crippen molar-refractivity contribution < 1.29 is 14.4 Å². The topological polar surface area (TPSA) is 49.6 Å². The van der Waals surface area contributed by atoms with Crippen molar-refractivity contribution in [3.63, 3.8) is 0 Å². The van der Waals surface area contributed by atoms with Gasteiger partial charge in [0.25, 0.3) is 5.91 Å². The van der Waals surface area contributed by atoms with Crippen LogP contribution in [0.5, 0.6) is 5.75 Å². The van der Waals surface area contributed by atoms with Gasteiger partial charge in [0.15, 0.2) is 6.67 Å². The second-order valence-corrected chi connectivity index (χ2v) is 9.49. The first kappa shape index (κ1) is 24.1. The molecule has 186 valence electrons. The van der Waals surface area contributed by atoms with Gasteiger partial charge in [-0.05, 0) is 48.9 Å². The molecule has 36 heavy (non-hydrogen) atoms. The average molecular weight is 484 g/mol. The van der Waals surface area contributed by atoms with Crippen molar-refractivity contribution in [3.05, 3.63) is 84.4 Å². The lowest BCUT2D eigenvalue weighted by molar-refractivity contribution is -0.899. The zero-order chi connectivity index (χ0) is 24.7. The molecule has 5 rings (SSSR count). The summed E-state index contributed by atoms with van der Waals surface area (Å²) in [7, 11) is 0. The fourth-order valence-electron chi connectivity index (χ4n) is 4.92. The van der Waals surface area contributed by atoms with Crippen molar-refractivity contribution in [2.75, 3.05) is 49.3 Å². The van der Waals surface area contributed by atoms with E-state index in [1.165, 1.54) is 23.4 Å². The molecule has 1 amide bonds. The molecule has 6 heteroatoms. The third-order valence-corrected chi connectivity index (χ3v) is 6.97. The zero-order valence-electron chi connectivity index (χ0n) is 21.0. The highest BCUT2D eigenvalue weighted by Crippen LogP contribution is 2.30. The van der Waals surface area contributed by atoms with E-state index >= 15 is 0 Å². The fourth-order valence-corrected chi connectivity index (χ4v) is 4.92. The van der Waals surface area contributed by atoms with Gasteiger partial charge in [0.1, 0.15) is 11.5 Å². The van der Waals surface area contributed by atoms with Gasteiger partial charge in [0, 0.05) is 11.3 Å². The van der Waals surface area contributed by atoms with Crippen molar-refractivity contribution >= 4 is 28.7 Å². The molecule has 0 atom stereocenters. The molecular weight excluding hydrogens is 448 g/mol. The molecule has 1 saturated heterocycles. The van der Waals surface area contributed by atoms with Gasteiger partial charge in [-0.1, -0.05) is 56.2 Å². The Balaban J connectivity index is 1.26. The Morgan fingerprint density at radius 3 is 2.36 bits per heavy atom. The first-order valence-corrected chi connectivity index (χ1v) is 13.1. The van der Waals surface area contributed by atoms with Gasteiger partial charge in [0.2, 0.25) is 0 Å². The van der Waals surface area contributed by atoms with Crippen LogP contribution >= 0.6 is 0 Å². The minimum atomic E-state index is -0.0194. The highest BCUT2D eigenvalue weighted by atomic mass is 16.5. The summed E-state index contributed by atoms with van der Waals surface area (Å²) in [5.41, 5.74) is 4.41. The van der Waals surface area contributed by atoms with Crippen molar-refractivity contribution in [1.29, 1.82) is 0 Å². The summed E-state index contributed by atoms with van der Waals surface area (Å²) in [5.74, 6) is 0.821. The van der Waals surface area contributed by atoms with Crippen LogP contribution in [-0.4, -0.2) is 51.1 Å². The predicted molar refractivity (Wildman–Crippen MR) is 146 cm³/mol. The highest BCUT2D eigenvalue weighted by Gasteiger charge is 2.36. The van der Waals surface area contributed by atoms with Gasteiger partial charge < -0.3 is 14.5 Å². The number of ether oxygens (including phenoxy) is 1. The number of quaternary nitrogens is 1. The van der Waals surface area contributed by atoms with E-state index in [0.29, 0.717) is 12.4 Å². The number of carbonyl (C=O) groups excluding carboxylic acids is 1. The second-order valence-electron chi connectivity index (χ2n) is 9.49. The molecular formula is C30H35N4O2+. The van der Waals surface area contributed by atoms with Crippen LogP contribution in [0.3, 0.4) is 0 Å². The Morgan fingerprint density at radius 2 is 1.61 bits per heavy atom. The number of amides is 1. The summed E-state index contributed by atoms with van der Waals surface area (Å²) in [4.78, 5) is 24.1. The van der Waals surface area contributed by atoms with E-state index in [1.807, 2.05) is 53.4 Å². The molecule has 0 unspecified atom stereocenters. The Hall–Kier alpha value is -3.64. The second kappa shape index (κ2) is 11.4. The number of hydrogen-bond donors (Lipinski definition) is 1. The number of unbranched alkanes of at least 4 members (excludes halogenated alkanes) is 2. The first-order valence-electron chi connectivity index (χ1n) is 13.1. The molecule has 0 aromatic heterocycles. The predicted octanol–water partition coefficient (Wildman–Crippen LogP) is 4.09. The van der Waals surface area contributed by atoms with E-state index in [2.05, 4.69) is 42.2 Å². The smallest absolute Gasteiger partial charge is 0.281 e. The number of piperazine rings is 1. The molecule has 2 heterocycles. The normalized spacial score (nSPS) is 17.0. The molecule has 0 radical (unpaired) electrons. The SMILES string of the molecule is CCCCCOc1ccc(N=C2C(=O)N(C[NH+]3CCN(c4ccccc4)CC3)c3ccccc32)cc1. The molecule has 3 aromatic carbocycles. The molecule has 1 fully saturated rings. The fraction of sp³-hybridized carbons (Fsp3) is 0.333. The summed E-state index contributed by atoms with van der Waals surface area (Å²) < 4.78 is 5.82. The van der Waals surface area contributed by atoms with E-state index in [9.17, 15) is 4.79 Å². The van der Waals surface area contributed by atoms with Crippen molar-refractivity contribution in [1.82, 2.24) is 0 Å². The lowest BCUT2D eigenvalue weighted by Gasteiger charge is -2.35. The average Bonchev–Trinajstić information content (AvgIpc) is 3.19. The Kier molecular flexibility index (Phi) is 7.62. The van der Waals surface area contributed by atoms with E-state index in [1.54, 1.807) is 0 Å². The maximum Gasteiger partial charge on any atom is 0.281 e. The maximum absolute atomic E-state index is 13.5. The number of hydrogen-bond acceptors (Lipinski definition) is 4. The van der Waals surface area contributed by atoms with Crippen LogP contribution in [0.25, 0.3) is 0 Å². The van der Waals surface area contributed by atoms with Gasteiger partial charge in [-0.25, -0.2) is 4.99 Å². The summed E-state index contributed by atoms with van der Waals surface area (Å²) in [6.07, 6.45) is 3.41. The van der Waals surface area contributed by atoms with E-state index in [-0.39, 0.29) is 5.91 Å². The Morgan fingerprint density at radius 1 is 0.889 bits per heavy atom. The maximum atomic E-state index is 13.5. The number of anilines is 2. The quantitative estimate of drug-likeness (QED) is 0.467. The molecule has 6 nitrogen and oxygen atoms in total. The summed E-state index contributed by atoms with van der Waals surface area (Å²) in [5, 5.41) is 0. The van der Waals surface area contributed by atoms with Gasteiger partial charge >= 0.3 is 0 Å². The molecule has 0 saturated carbocycles. The highest BCUT2D eigenvalue weighted by molar-refractivity contribution is 6.54. The largest absolute Gasteiger partial charge is 0.494 e. The standard InChI is InChI=1S/C30H34N4O2/c1-2-3-9-22-36-26-16-14-24(15-17-26)31-29-27-12-7-8-13-28(27)34(30(29)35)23-32-18-20-33(21-19-32)25-10-5-4-6-11-25/h4-8,10-17H,2-3,9,18-23H2,1H3/p+1. The number of rotatable bonds is 9. The lowest BCUT2D eigenvalue weighted by atomic mass is 10.1. The van der Waals surface area contributed by atoms with Crippen LogP contribution in [0.15, 0.2) is 83.9 Å². The number of para-hydroxylation sites is 2. The molecule has 2 aliphatic rings. The summed E-state index contributed by atoms with van der Waals surface area (Å²) >= 11 is 0. The third-order valence-electron chi connectivity index (χ3n) is 6.97. The van der Waals surface area contributed by atoms with Crippen LogP contribution in [-0.2, 0) is 4.79 Å². The van der Waals surface area contributed by atoms with Gasteiger partial charge in [-0.3, -0.25) is 9.69 Å². The third kappa shape index (κ3) is 5.44. The molecule has 0 aliphatic carbocycles. The van der Waals surface area contributed by atoms with E-state index < -0.39 is 0 Å². The lowest BCUT2D eigenvalue weighted by Crippen LogP contribution is -3.16. The number of nitrogens with zero attached hydrogens (tertiary/aromatic N) is 3. The van der Waals surface area contributed by atoms with Crippen molar-refractivity contribution in [3.8, 4) is 5.75 Å².